The summed E-state index contributed by atoms with van der Waals surface area (Å²) in [6.45, 7) is 15.3. The lowest BCUT2D eigenvalue weighted by molar-refractivity contribution is 0.265. The average Bonchev–Trinajstić information content (AvgIpc) is 2.99. The summed E-state index contributed by atoms with van der Waals surface area (Å²) in [6.07, 6.45) is 2.73. The van der Waals surface area contributed by atoms with Gasteiger partial charge in [0.1, 0.15) is 0 Å². The lowest BCUT2D eigenvalue weighted by Gasteiger charge is -2.22. The molecule has 0 aromatic carbocycles. The molecule has 0 amide bonds. The number of ether oxygens (including phenoxy) is 1. The zero-order valence-corrected chi connectivity index (χ0v) is 17.0. The molecule has 2 heterocycles. The molecule has 1 fully saturated rings. The highest BCUT2D eigenvalue weighted by atomic mass is 16.5. The predicted molar refractivity (Wildman–Crippen MR) is 108 cm³/mol. The minimum absolute atomic E-state index is 0.417. The standard InChI is InChI=1S/C20H35N5O/c1-6-11-26-19-17(9-8-10-22-19)12-23-20(21-7-2)24-18-14-25(15(3)4)13-16(18)5/h8-10,15-16,18H,6-7,11-14H2,1-5H3,(H2,21,23,24). The molecule has 6 nitrogen and oxygen atoms in total. The molecule has 146 valence electrons. The van der Waals surface area contributed by atoms with Crippen molar-refractivity contribution in [3.8, 4) is 5.88 Å². The number of guanidine groups is 1. The Bertz CT molecular complexity index is 575. The monoisotopic (exact) mass is 361 g/mol. The van der Waals surface area contributed by atoms with Gasteiger partial charge in [-0.25, -0.2) is 9.98 Å². The van der Waals surface area contributed by atoms with E-state index in [2.05, 4.69) is 55.1 Å². The van der Waals surface area contributed by atoms with Gasteiger partial charge in [-0.1, -0.05) is 19.9 Å². The first-order valence-corrected chi connectivity index (χ1v) is 9.90. The first-order chi connectivity index (χ1) is 12.5. The molecule has 0 radical (unpaired) electrons. The van der Waals surface area contributed by atoms with Crippen molar-refractivity contribution in [3.05, 3.63) is 23.9 Å². The number of likely N-dealkylation sites (tertiary alicyclic amines) is 1. The molecule has 0 aliphatic carbocycles. The summed E-state index contributed by atoms with van der Waals surface area (Å²) < 4.78 is 5.74. The van der Waals surface area contributed by atoms with Crippen molar-refractivity contribution in [2.45, 2.75) is 59.7 Å². The van der Waals surface area contributed by atoms with Crippen LogP contribution in [0.4, 0.5) is 0 Å². The third-order valence-electron chi connectivity index (χ3n) is 4.74. The number of hydrogen-bond donors (Lipinski definition) is 2. The molecule has 2 rings (SSSR count). The van der Waals surface area contributed by atoms with Crippen LogP contribution in [0.25, 0.3) is 0 Å². The summed E-state index contributed by atoms with van der Waals surface area (Å²) in [6, 6.07) is 4.96. The van der Waals surface area contributed by atoms with Crippen molar-refractivity contribution >= 4 is 5.96 Å². The molecule has 0 spiro atoms. The molecule has 26 heavy (non-hydrogen) atoms. The molecular formula is C20H35N5O. The Morgan fingerprint density at radius 1 is 1.38 bits per heavy atom. The zero-order valence-electron chi connectivity index (χ0n) is 17.0. The average molecular weight is 362 g/mol. The Labute approximate surface area is 158 Å². The van der Waals surface area contributed by atoms with E-state index in [1.165, 1.54) is 0 Å². The maximum absolute atomic E-state index is 5.74. The van der Waals surface area contributed by atoms with E-state index >= 15 is 0 Å². The van der Waals surface area contributed by atoms with E-state index in [4.69, 9.17) is 9.73 Å². The van der Waals surface area contributed by atoms with Crippen LogP contribution in [0.1, 0.15) is 46.6 Å². The van der Waals surface area contributed by atoms with Crippen LogP contribution in [0.3, 0.4) is 0 Å². The van der Waals surface area contributed by atoms with Crippen LogP contribution in [0.5, 0.6) is 5.88 Å². The Morgan fingerprint density at radius 2 is 2.19 bits per heavy atom. The Morgan fingerprint density at radius 3 is 2.85 bits per heavy atom. The lowest BCUT2D eigenvalue weighted by Crippen LogP contribution is -2.46. The quantitative estimate of drug-likeness (QED) is 0.551. The van der Waals surface area contributed by atoms with E-state index in [0.717, 1.165) is 37.6 Å². The number of hydrogen-bond acceptors (Lipinski definition) is 4. The maximum atomic E-state index is 5.74. The molecule has 1 saturated heterocycles. The van der Waals surface area contributed by atoms with Gasteiger partial charge in [0, 0.05) is 43.5 Å². The summed E-state index contributed by atoms with van der Waals surface area (Å²) in [4.78, 5) is 11.6. The van der Waals surface area contributed by atoms with Crippen LogP contribution >= 0.6 is 0 Å². The minimum Gasteiger partial charge on any atom is -0.477 e. The molecule has 6 heteroatoms. The molecule has 2 unspecified atom stereocenters. The summed E-state index contributed by atoms with van der Waals surface area (Å²) in [5.41, 5.74) is 1.02. The second-order valence-electron chi connectivity index (χ2n) is 7.29. The highest BCUT2D eigenvalue weighted by Gasteiger charge is 2.31. The van der Waals surface area contributed by atoms with Gasteiger partial charge in [0.15, 0.2) is 5.96 Å². The van der Waals surface area contributed by atoms with Gasteiger partial charge in [-0.3, -0.25) is 4.90 Å². The summed E-state index contributed by atoms with van der Waals surface area (Å²) in [7, 11) is 0. The lowest BCUT2D eigenvalue weighted by atomic mass is 10.1. The highest BCUT2D eigenvalue weighted by Crippen LogP contribution is 2.19. The Kier molecular flexibility index (Phi) is 8.16. The fraction of sp³-hybridized carbons (Fsp3) is 0.700. The van der Waals surface area contributed by atoms with Crippen molar-refractivity contribution < 1.29 is 4.74 Å². The molecule has 1 aromatic rings. The number of aliphatic imine (C=N–C) groups is 1. The smallest absolute Gasteiger partial charge is 0.218 e. The van der Waals surface area contributed by atoms with Crippen LogP contribution < -0.4 is 15.4 Å². The molecule has 2 N–H and O–H groups in total. The van der Waals surface area contributed by atoms with Crippen molar-refractivity contribution in [2.24, 2.45) is 10.9 Å². The van der Waals surface area contributed by atoms with Gasteiger partial charge in [0.2, 0.25) is 5.88 Å². The molecule has 0 saturated carbocycles. The second kappa shape index (κ2) is 10.4. The molecule has 0 bridgehead atoms. The van der Waals surface area contributed by atoms with Crippen molar-refractivity contribution in [1.82, 2.24) is 20.5 Å². The first kappa shape index (κ1) is 20.5. The Hall–Kier alpha value is -1.82. The summed E-state index contributed by atoms with van der Waals surface area (Å²) >= 11 is 0. The van der Waals surface area contributed by atoms with E-state index in [1.54, 1.807) is 6.20 Å². The van der Waals surface area contributed by atoms with Crippen molar-refractivity contribution in [2.75, 3.05) is 26.2 Å². The number of aromatic nitrogens is 1. The van der Waals surface area contributed by atoms with Gasteiger partial charge in [-0.05, 0) is 39.2 Å². The molecule has 1 aromatic heterocycles. The molecular weight excluding hydrogens is 326 g/mol. The van der Waals surface area contributed by atoms with Crippen LogP contribution in [0, 0.1) is 5.92 Å². The SMILES string of the molecule is CCCOc1ncccc1CN=C(NCC)NC1CN(C(C)C)CC1C. The van der Waals surface area contributed by atoms with Gasteiger partial charge in [-0.15, -0.1) is 0 Å². The number of rotatable bonds is 8. The maximum Gasteiger partial charge on any atom is 0.218 e. The number of pyridine rings is 1. The third-order valence-corrected chi connectivity index (χ3v) is 4.74. The van der Waals surface area contributed by atoms with Gasteiger partial charge < -0.3 is 15.4 Å². The van der Waals surface area contributed by atoms with E-state index in [-0.39, 0.29) is 0 Å². The molecule has 1 aliphatic heterocycles. The zero-order chi connectivity index (χ0) is 18.9. The van der Waals surface area contributed by atoms with E-state index in [1.807, 2.05) is 12.1 Å². The first-order valence-electron chi connectivity index (χ1n) is 9.90. The van der Waals surface area contributed by atoms with Crippen molar-refractivity contribution in [1.29, 1.82) is 0 Å². The highest BCUT2D eigenvalue weighted by molar-refractivity contribution is 5.80. The predicted octanol–water partition coefficient (Wildman–Crippen LogP) is 2.65. The minimum atomic E-state index is 0.417. The van der Waals surface area contributed by atoms with Crippen molar-refractivity contribution in [3.63, 3.8) is 0 Å². The van der Waals surface area contributed by atoms with Crippen LogP contribution in [0.15, 0.2) is 23.3 Å². The number of nitrogens with one attached hydrogen (secondary N) is 2. The normalized spacial score (nSPS) is 21.2. The van der Waals surface area contributed by atoms with Gasteiger partial charge >= 0.3 is 0 Å². The van der Waals surface area contributed by atoms with E-state index < -0.39 is 0 Å². The second-order valence-corrected chi connectivity index (χ2v) is 7.29. The molecule has 1 aliphatic rings. The van der Waals surface area contributed by atoms with Gasteiger partial charge in [0.25, 0.3) is 0 Å². The fourth-order valence-corrected chi connectivity index (χ4v) is 3.15. The third kappa shape index (κ3) is 5.87. The van der Waals surface area contributed by atoms with Crippen LogP contribution in [-0.4, -0.2) is 54.2 Å². The Balaban J connectivity index is 2.03. The number of nitrogens with zero attached hydrogens (tertiary/aromatic N) is 3. The largest absolute Gasteiger partial charge is 0.477 e. The summed E-state index contributed by atoms with van der Waals surface area (Å²) in [5.74, 6) is 2.15. The van der Waals surface area contributed by atoms with Crippen LogP contribution in [-0.2, 0) is 6.54 Å². The fourth-order valence-electron chi connectivity index (χ4n) is 3.15. The van der Waals surface area contributed by atoms with E-state index in [0.29, 0.717) is 37.0 Å². The summed E-state index contributed by atoms with van der Waals surface area (Å²) in [5, 5.41) is 6.99. The topological polar surface area (TPSA) is 61.8 Å². The van der Waals surface area contributed by atoms with Crippen LogP contribution in [0.2, 0.25) is 0 Å². The van der Waals surface area contributed by atoms with Gasteiger partial charge in [-0.2, -0.15) is 0 Å². The van der Waals surface area contributed by atoms with Gasteiger partial charge in [0.05, 0.1) is 13.2 Å². The van der Waals surface area contributed by atoms with E-state index in [9.17, 15) is 0 Å². The molecule has 2 atom stereocenters.